The molecule has 0 spiro atoms. The zero-order valence-corrected chi connectivity index (χ0v) is 14.5. The van der Waals surface area contributed by atoms with E-state index in [1.807, 2.05) is 13.0 Å². The summed E-state index contributed by atoms with van der Waals surface area (Å²) < 4.78 is 70.3. The fourth-order valence-electron chi connectivity index (χ4n) is 2.13. The quantitative estimate of drug-likeness (QED) is 0.420. The molecule has 0 aromatic heterocycles. The summed E-state index contributed by atoms with van der Waals surface area (Å²) in [5.74, 6) is -1.32. The van der Waals surface area contributed by atoms with Crippen molar-refractivity contribution in [2.75, 3.05) is 19.8 Å². The number of esters is 1. The van der Waals surface area contributed by atoms with Crippen molar-refractivity contribution >= 4 is 26.9 Å². The number of carbonyl (C=O) groups is 1. The maximum Gasteiger partial charge on any atom is 0.465 e. The topological polar surface area (TPSA) is 99.1 Å². The molecule has 0 bridgehead atoms. The Hall–Kier alpha value is -2.46. The number of ether oxygens (including phenoxy) is 3. The molecule has 0 heterocycles. The molecule has 2 rings (SSSR count). The van der Waals surface area contributed by atoms with Crippen LogP contribution in [0.25, 0.3) is 10.8 Å². The normalized spacial score (nSPS) is 12.0. The highest BCUT2D eigenvalue weighted by atomic mass is 32.2. The molecule has 0 aliphatic carbocycles. The molecule has 2 aromatic carbocycles. The third-order valence-corrected chi connectivity index (χ3v) is 4.09. The molecule has 0 unspecified atom stereocenters. The van der Waals surface area contributed by atoms with E-state index in [9.17, 15) is 22.0 Å². The van der Waals surface area contributed by atoms with Crippen LogP contribution in [0.2, 0.25) is 0 Å². The zero-order chi connectivity index (χ0) is 19.4. The van der Waals surface area contributed by atoms with Gasteiger partial charge < -0.3 is 14.2 Å². The average Bonchev–Trinajstić information content (AvgIpc) is 2.58. The second-order valence-electron chi connectivity index (χ2n) is 5.02. The molecule has 10 heteroatoms. The maximum absolute atomic E-state index is 13.0. The van der Waals surface area contributed by atoms with Gasteiger partial charge in [-0.25, -0.2) is 4.79 Å². The molecule has 0 atom stereocenters. The first-order valence-electron chi connectivity index (χ1n) is 7.48. The summed E-state index contributed by atoms with van der Waals surface area (Å²) in [5.41, 5.74) is 0. The van der Waals surface area contributed by atoms with Crippen molar-refractivity contribution in [3.63, 3.8) is 0 Å². The second-order valence-corrected chi connectivity index (χ2v) is 6.48. The second kappa shape index (κ2) is 7.83. The van der Waals surface area contributed by atoms with Gasteiger partial charge in [0.2, 0.25) is 0 Å². The van der Waals surface area contributed by atoms with E-state index in [4.69, 9.17) is 14.0 Å². The Bertz CT molecular complexity index is 897. The van der Waals surface area contributed by atoms with Gasteiger partial charge in [-0.3, -0.25) is 4.55 Å². The Kier molecular flexibility index (Phi) is 5.98. The molecule has 1 N–H and O–H groups in total. The van der Waals surface area contributed by atoms with Gasteiger partial charge in [0.15, 0.2) is 0 Å². The van der Waals surface area contributed by atoms with Gasteiger partial charge in [0.05, 0.1) is 6.61 Å². The van der Waals surface area contributed by atoms with Crippen molar-refractivity contribution < 1.29 is 40.8 Å². The highest BCUT2D eigenvalue weighted by Crippen LogP contribution is 2.32. The summed E-state index contributed by atoms with van der Waals surface area (Å²) in [5, 5.41) is -3.55. The Labute approximate surface area is 148 Å². The van der Waals surface area contributed by atoms with Gasteiger partial charge in [0.1, 0.15) is 24.7 Å². The highest BCUT2D eigenvalue weighted by molar-refractivity contribution is 7.87. The third-order valence-electron chi connectivity index (χ3n) is 3.28. The SMILES string of the molecule is CCOc1cccc2c(OCCOC(=O)C(F)(F)S(=O)(=O)O)cccc12. The fourth-order valence-corrected chi connectivity index (χ4v) is 2.40. The highest BCUT2D eigenvalue weighted by Gasteiger charge is 2.54. The molecule has 0 aliphatic heterocycles. The smallest absolute Gasteiger partial charge is 0.465 e. The Balaban J connectivity index is 2.03. The molecule has 0 radical (unpaired) electrons. The van der Waals surface area contributed by atoms with E-state index in [1.165, 1.54) is 0 Å². The number of alkyl halides is 2. The predicted octanol–water partition coefficient (Wildman–Crippen LogP) is 2.64. The van der Waals surface area contributed by atoms with Crippen LogP contribution in [0, 0.1) is 0 Å². The first-order chi connectivity index (χ1) is 12.2. The van der Waals surface area contributed by atoms with Gasteiger partial charge in [0, 0.05) is 10.8 Å². The summed E-state index contributed by atoms with van der Waals surface area (Å²) in [4.78, 5) is 11.1. The monoisotopic (exact) mass is 390 g/mol. The minimum Gasteiger partial charge on any atom is -0.493 e. The largest absolute Gasteiger partial charge is 0.493 e. The van der Waals surface area contributed by atoms with Crippen LogP contribution in [0.15, 0.2) is 36.4 Å². The number of fused-ring (bicyclic) bond motifs is 1. The molecule has 26 heavy (non-hydrogen) atoms. The standard InChI is InChI=1S/C16H16F2O7S/c1-2-23-13-7-3-6-12-11(13)5-4-8-14(12)24-9-10-25-15(19)16(17,18)26(20,21)22/h3-8H,2,9-10H2,1H3,(H,20,21,22). The molecule has 0 amide bonds. The molecular weight excluding hydrogens is 374 g/mol. The van der Waals surface area contributed by atoms with Crippen LogP contribution in [-0.2, 0) is 19.6 Å². The summed E-state index contributed by atoms with van der Waals surface area (Å²) in [6, 6.07) is 10.5. The summed E-state index contributed by atoms with van der Waals surface area (Å²) >= 11 is 0. The Morgan fingerprint density at radius 3 is 2.08 bits per heavy atom. The molecule has 2 aromatic rings. The Morgan fingerprint density at radius 1 is 1.04 bits per heavy atom. The number of carbonyl (C=O) groups excluding carboxylic acids is 1. The lowest BCUT2D eigenvalue weighted by Crippen LogP contribution is -2.39. The molecule has 142 valence electrons. The van der Waals surface area contributed by atoms with E-state index in [2.05, 4.69) is 4.74 Å². The summed E-state index contributed by atoms with van der Waals surface area (Å²) in [6.07, 6.45) is 0. The zero-order valence-electron chi connectivity index (χ0n) is 13.6. The number of benzene rings is 2. The molecular formula is C16H16F2O7S. The van der Waals surface area contributed by atoms with Crippen molar-refractivity contribution in [1.82, 2.24) is 0 Å². The predicted molar refractivity (Wildman–Crippen MR) is 88.1 cm³/mol. The van der Waals surface area contributed by atoms with Gasteiger partial charge >= 0.3 is 21.3 Å². The number of hydrogen-bond acceptors (Lipinski definition) is 6. The minimum atomic E-state index is -5.89. The van der Waals surface area contributed by atoms with E-state index >= 15 is 0 Å². The lowest BCUT2D eigenvalue weighted by atomic mass is 10.1. The number of halogens is 2. The first kappa shape index (κ1) is 19.9. The number of hydrogen-bond donors (Lipinski definition) is 1. The van der Waals surface area contributed by atoms with Crippen LogP contribution < -0.4 is 9.47 Å². The van der Waals surface area contributed by atoms with Crippen LogP contribution in [0.3, 0.4) is 0 Å². The van der Waals surface area contributed by atoms with Crippen LogP contribution in [0.5, 0.6) is 11.5 Å². The van der Waals surface area contributed by atoms with Crippen molar-refractivity contribution in [1.29, 1.82) is 0 Å². The molecule has 0 fully saturated rings. The molecule has 0 aliphatic rings. The Morgan fingerprint density at radius 2 is 1.58 bits per heavy atom. The lowest BCUT2D eigenvalue weighted by Gasteiger charge is -2.14. The average molecular weight is 390 g/mol. The van der Waals surface area contributed by atoms with Gasteiger partial charge in [-0.05, 0) is 19.1 Å². The van der Waals surface area contributed by atoms with Gasteiger partial charge in [-0.2, -0.15) is 17.2 Å². The first-order valence-corrected chi connectivity index (χ1v) is 8.92. The van der Waals surface area contributed by atoms with E-state index in [0.717, 1.165) is 5.39 Å². The lowest BCUT2D eigenvalue weighted by molar-refractivity contribution is -0.162. The third kappa shape index (κ3) is 4.20. The number of rotatable bonds is 8. The van der Waals surface area contributed by atoms with E-state index in [0.29, 0.717) is 23.5 Å². The van der Waals surface area contributed by atoms with Gasteiger partial charge in [0.25, 0.3) is 0 Å². The molecule has 0 saturated carbocycles. The van der Waals surface area contributed by atoms with Crippen LogP contribution in [0.4, 0.5) is 8.78 Å². The van der Waals surface area contributed by atoms with Gasteiger partial charge in [-0.1, -0.05) is 24.3 Å². The van der Waals surface area contributed by atoms with Crippen molar-refractivity contribution in [3.05, 3.63) is 36.4 Å². The van der Waals surface area contributed by atoms with Crippen LogP contribution >= 0.6 is 0 Å². The van der Waals surface area contributed by atoms with Crippen LogP contribution in [0.1, 0.15) is 6.92 Å². The summed E-state index contributed by atoms with van der Waals surface area (Å²) in [7, 11) is -5.89. The van der Waals surface area contributed by atoms with Crippen molar-refractivity contribution in [2.45, 2.75) is 12.2 Å². The minimum absolute atomic E-state index is 0.300. The molecule has 7 nitrogen and oxygen atoms in total. The van der Waals surface area contributed by atoms with E-state index in [-0.39, 0.29) is 6.61 Å². The summed E-state index contributed by atoms with van der Waals surface area (Å²) in [6.45, 7) is 1.38. The van der Waals surface area contributed by atoms with Gasteiger partial charge in [-0.15, -0.1) is 0 Å². The van der Waals surface area contributed by atoms with Crippen molar-refractivity contribution in [2.24, 2.45) is 0 Å². The van der Waals surface area contributed by atoms with E-state index < -0.39 is 27.9 Å². The van der Waals surface area contributed by atoms with Crippen molar-refractivity contribution in [3.8, 4) is 11.5 Å². The molecule has 0 saturated heterocycles. The maximum atomic E-state index is 13.0. The van der Waals surface area contributed by atoms with Crippen LogP contribution in [-0.4, -0.2) is 44.0 Å². The fraction of sp³-hybridized carbons (Fsp3) is 0.312. The van der Waals surface area contributed by atoms with E-state index in [1.54, 1.807) is 30.3 Å².